The number of benzene rings is 1. The van der Waals surface area contributed by atoms with Crippen molar-refractivity contribution in [2.24, 2.45) is 0 Å². The second kappa shape index (κ2) is 7.23. The number of ether oxygens (including phenoxy) is 2. The number of nitrogens with one attached hydrogen (secondary N) is 1. The van der Waals surface area contributed by atoms with Gasteiger partial charge in [-0.05, 0) is 31.5 Å². The number of anilines is 1. The van der Waals surface area contributed by atoms with E-state index in [4.69, 9.17) is 9.47 Å². The largest absolute Gasteiger partial charge is 0.484 e. The molecule has 0 saturated heterocycles. The van der Waals surface area contributed by atoms with Crippen LogP contribution in [0.15, 0.2) is 24.3 Å². The van der Waals surface area contributed by atoms with Gasteiger partial charge >= 0.3 is 5.97 Å². The van der Waals surface area contributed by atoms with Crippen molar-refractivity contribution in [3.05, 3.63) is 46.1 Å². The molecule has 0 atom stereocenters. The lowest BCUT2D eigenvalue weighted by atomic mass is 10.1. The molecule has 7 heteroatoms. The Kier molecular flexibility index (Phi) is 5.33. The van der Waals surface area contributed by atoms with Crippen LogP contribution in [0, 0.1) is 19.7 Å². The summed E-state index contributed by atoms with van der Waals surface area (Å²) in [6, 6.07) is 5.51. The van der Waals surface area contributed by atoms with Crippen molar-refractivity contribution in [1.82, 2.24) is 0 Å². The van der Waals surface area contributed by atoms with Crippen molar-refractivity contribution in [1.29, 1.82) is 0 Å². The van der Waals surface area contributed by atoms with Crippen molar-refractivity contribution in [3.8, 4) is 5.75 Å². The monoisotopic (exact) mass is 337 g/mol. The zero-order valence-corrected chi connectivity index (χ0v) is 13.8. The standard InChI is InChI=1S/C16H16FNO4S/c1-9-10(2)23-15(14(9)16(20)21-3)18-13(19)8-22-12-6-4-5-11(17)7-12/h4-7H,8H2,1-3H3,(H,18,19). The lowest BCUT2D eigenvalue weighted by Crippen LogP contribution is -2.21. The quantitative estimate of drug-likeness (QED) is 0.850. The zero-order chi connectivity index (χ0) is 17.0. The molecule has 122 valence electrons. The van der Waals surface area contributed by atoms with Crippen LogP contribution in [0.1, 0.15) is 20.8 Å². The summed E-state index contributed by atoms with van der Waals surface area (Å²) in [7, 11) is 1.29. The molecule has 0 bridgehead atoms. The second-order valence-corrected chi connectivity index (χ2v) is 6.00. The summed E-state index contributed by atoms with van der Waals surface area (Å²) in [6.07, 6.45) is 0. The van der Waals surface area contributed by atoms with E-state index < -0.39 is 17.7 Å². The van der Waals surface area contributed by atoms with Gasteiger partial charge < -0.3 is 14.8 Å². The molecule has 0 saturated carbocycles. The van der Waals surface area contributed by atoms with Gasteiger partial charge in [0.15, 0.2) is 6.61 Å². The minimum Gasteiger partial charge on any atom is -0.484 e. The summed E-state index contributed by atoms with van der Waals surface area (Å²) < 4.78 is 23.0. The van der Waals surface area contributed by atoms with Crippen LogP contribution in [0.3, 0.4) is 0 Å². The molecule has 1 aromatic heterocycles. The van der Waals surface area contributed by atoms with Gasteiger partial charge in [0.2, 0.25) is 0 Å². The maximum absolute atomic E-state index is 13.0. The maximum Gasteiger partial charge on any atom is 0.341 e. The van der Waals surface area contributed by atoms with E-state index in [2.05, 4.69) is 5.32 Å². The van der Waals surface area contributed by atoms with Gasteiger partial charge in [0.05, 0.1) is 12.7 Å². The summed E-state index contributed by atoms with van der Waals surface area (Å²) in [6.45, 7) is 3.35. The van der Waals surface area contributed by atoms with Gasteiger partial charge in [-0.1, -0.05) is 6.07 Å². The van der Waals surface area contributed by atoms with Crippen LogP contribution < -0.4 is 10.1 Å². The van der Waals surface area contributed by atoms with Crippen molar-refractivity contribution >= 4 is 28.2 Å². The Morgan fingerprint density at radius 3 is 2.70 bits per heavy atom. The Balaban J connectivity index is 2.06. The number of hydrogen-bond acceptors (Lipinski definition) is 5. The number of carbonyl (C=O) groups is 2. The van der Waals surface area contributed by atoms with E-state index in [1.165, 1.54) is 36.6 Å². The number of thiophene rings is 1. The molecule has 2 aromatic rings. The van der Waals surface area contributed by atoms with Crippen molar-refractivity contribution < 1.29 is 23.5 Å². The molecular weight excluding hydrogens is 321 g/mol. The topological polar surface area (TPSA) is 64.6 Å². The first-order valence-corrected chi connectivity index (χ1v) is 7.60. The van der Waals surface area contributed by atoms with E-state index in [0.29, 0.717) is 10.6 Å². The van der Waals surface area contributed by atoms with Gasteiger partial charge in [-0.3, -0.25) is 4.79 Å². The molecule has 1 amide bonds. The number of halogens is 1. The summed E-state index contributed by atoms with van der Waals surface area (Å²) >= 11 is 1.29. The molecule has 23 heavy (non-hydrogen) atoms. The fourth-order valence-corrected chi connectivity index (χ4v) is 3.00. The molecular formula is C16H16FNO4S. The zero-order valence-electron chi connectivity index (χ0n) is 12.9. The molecule has 5 nitrogen and oxygen atoms in total. The third-order valence-corrected chi connectivity index (χ3v) is 4.32. The van der Waals surface area contributed by atoms with E-state index in [-0.39, 0.29) is 12.4 Å². The van der Waals surface area contributed by atoms with Crippen LogP contribution in [0.4, 0.5) is 9.39 Å². The number of amides is 1. The average molecular weight is 337 g/mol. The number of rotatable bonds is 5. The Morgan fingerprint density at radius 2 is 2.04 bits per heavy atom. The van der Waals surface area contributed by atoms with Crippen molar-refractivity contribution in [2.45, 2.75) is 13.8 Å². The highest BCUT2D eigenvalue weighted by Gasteiger charge is 2.21. The number of esters is 1. The molecule has 0 aliphatic heterocycles. The van der Waals surface area contributed by atoms with Crippen molar-refractivity contribution in [2.75, 3.05) is 19.0 Å². The molecule has 0 aliphatic rings. The molecule has 1 N–H and O–H groups in total. The maximum atomic E-state index is 13.0. The van der Waals surface area contributed by atoms with Gasteiger partial charge in [-0.2, -0.15) is 0 Å². The molecule has 0 aliphatic carbocycles. The minimum absolute atomic E-state index is 0.256. The van der Waals surface area contributed by atoms with Gasteiger partial charge in [0.1, 0.15) is 16.6 Å². The van der Waals surface area contributed by atoms with Gasteiger partial charge in [-0.25, -0.2) is 9.18 Å². The van der Waals surface area contributed by atoms with Crippen LogP contribution in [0.5, 0.6) is 5.75 Å². The predicted molar refractivity (Wildman–Crippen MR) is 85.7 cm³/mol. The van der Waals surface area contributed by atoms with Gasteiger partial charge in [-0.15, -0.1) is 11.3 Å². The Morgan fingerprint density at radius 1 is 1.30 bits per heavy atom. The van der Waals surface area contributed by atoms with E-state index in [1.807, 2.05) is 6.92 Å². The van der Waals surface area contributed by atoms with E-state index in [1.54, 1.807) is 13.0 Å². The fraction of sp³-hybridized carbons (Fsp3) is 0.250. The third-order valence-electron chi connectivity index (χ3n) is 3.19. The summed E-state index contributed by atoms with van der Waals surface area (Å²) in [5, 5.41) is 3.05. The summed E-state index contributed by atoms with van der Waals surface area (Å²) in [4.78, 5) is 24.7. The molecule has 2 rings (SSSR count). The third kappa shape index (κ3) is 4.07. The average Bonchev–Trinajstić information content (AvgIpc) is 2.79. The van der Waals surface area contributed by atoms with E-state index in [0.717, 1.165) is 10.4 Å². The number of carbonyl (C=O) groups excluding carboxylic acids is 2. The van der Waals surface area contributed by atoms with Crippen LogP contribution in [0.25, 0.3) is 0 Å². The molecule has 0 spiro atoms. The molecule has 1 aromatic carbocycles. The highest BCUT2D eigenvalue weighted by atomic mass is 32.1. The van der Waals surface area contributed by atoms with Crippen LogP contribution >= 0.6 is 11.3 Å². The highest BCUT2D eigenvalue weighted by molar-refractivity contribution is 7.16. The van der Waals surface area contributed by atoms with Crippen LogP contribution in [0.2, 0.25) is 0 Å². The molecule has 0 fully saturated rings. The fourth-order valence-electron chi connectivity index (χ4n) is 1.93. The Bertz CT molecular complexity index is 742. The first-order chi connectivity index (χ1) is 10.9. The smallest absolute Gasteiger partial charge is 0.341 e. The number of hydrogen-bond donors (Lipinski definition) is 1. The van der Waals surface area contributed by atoms with Crippen molar-refractivity contribution in [3.63, 3.8) is 0 Å². The lowest BCUT2D eigenvalue weighted by Gasteiger charge is -2.08. The first kappa shape index (κ1) is 17.0. The highest BCUT2D eigenvalue weighted by Crippen LogP contribution is 2.32. The van der Waals surface area contributed by atoms with E-state index >= 15 is 0 Å². The Labute approximate surface area is 137 Å². The van der Waals surface area contributed by atoms with Crippen LogP contribution in [-0.4, -0.2) is 25.6 Å². The van der Waals surface area contributed by atoms with Gasteiger partial charge in [0.25, 0.3) is 5.91 Å². The molecule has 0 radical (unpaired) electrons. The summed E-state index contributed by atoms with van der Waals surface area (Å²) in [5.41, 5.74) is 1.11. The number of aryl methyl sites for hydroxylation is 1. The Hall–Kier alpha value is -2.41. The first-order valence-electron chi connectivity index (χ1n) is 6.79. The molecule has 1 heterocycles. The minimum atomic E-state index is -0.506. The predicted octanol–water partition coefficient (Wildman–Crippen LogP) is 3.31. The molecule has 0 unspecified atom stereocenters. The normalized spacial score (nSPS) is 10.3. The SMILES string of the molecule is COC(=O)c1c(NC(=O)COc2cccc(F)c2)sc(C)c1C. The second-order valence-electron chi connectivity index (χ2n) is 4.77. The lowest BCUT2D eigenvalue weighted by molar-refractivity contribution is -0.118. The van der Waals surface area contributed by atoms with E-state index in [9.17, 15) is 14.0 Å². The summed E-state index contributed by atoms with van der Waals surface area (Å²) in [5.74, 6) is -1.14. The van der Waals surface area contributed by atoms with Crippen LogP contribution in [-0.2, 0) is 9.53 Å². The number of methoxy groups -OCH3 is 1. The van der Waals surface area contributed by atoms with Gasteiger partial charge in [0, 0.05) is 10.9 Å².